The number of para-hydroxylation sites is 1. The maximum Gasteiger partial charge on any atom is 0.319 e. The number of hydrogen-bond donors (Lipinski definition) is 2. The minimum atomic E-state index is -0.232. The Labute approximate surface area is 147 Å². The number of carbonyl (C=O) groups is 1. The number of amides is 2. The van der Waals surface area contributed by atoms with Crippen molar-refractivity contribution in [2.75, 3.05) is 25.3 Å². The second kappa shape index (κ2) is 8.39. The van der Waals surface area contributed by atoms with Gasteiger partial charge in [0, 0.05) is 24.4 Å². The van der Waals surface area contributed by atoms with Gasteiger partial charge in [0.05, 0.1) is 6.61 Å². The van der Waals surface area contributed by atoms with Gasteiger partial charge < -0.3 is 24.8 Å². The summed E-state index contributed by atoms with van der Waals surface area (Å²) in [6, 6.07) is 13.2. The molecule has 0 atom stereocenters. The van der Waals surface area contributed by atoms with E-state index in [0.717, 1.165) is 28.3 Å². The minimum Gasteiger partial charge on any atom is -0.454 e. The van der Waals surface area contributed by atoms with Crippen LogP contribution in [0.25, 0.3) is 0 Å². The van der Waals surface area contributed by atoms with Crippen molar-refractivity contribution in [1.82, 2.24) is 5.32 Å². The number of nitrogens with one attached hydrogen (secondary N) is 2. The third-order valence-electron chi connectivity index (χ3n) is 3.86. The van der Waals surface area contributed by atoms with Crippen LogP contribution in [0.2, 0.25) is 0 Å². The van der Waals surface area contributed by atoms with Crippen LogP contribution in [0.3, 0.4) is 0 Å². The molecule has 0 unspecified atom stereocenters. The summed E-state index contributed by atoms with van der Waals surface area (Å²) in [6.45, 7) is 3.85. The number of hydrogen-bond acceptors (Lipinski definition) is 4. The third-order valence-corrected chi connectivity index (χ3v) is 3.86. The maximum absolute atomic E-state index is 12.1. The highest BCUT2D eigenvalue weighted by Gasteiger charge is 2.13. The highest BCUT2D eigenvalue weighted by molar-refractivity contribution is 5.90. The molecule has 1 heterocycles. The number of benzene rings is 2. The van der Waals surface area contributed by atoms with Crippen molar-refractivity contribution in [2.45, 2.75) is 20.0 Å². The Morgan fingerprint density at radius 3 is 2.88 bits per heavy atom. The summed E-state index contributed by atoms with van der Waals surface area (Å²) < 4.78 is 16.1. The largest absolute Gasteiger partial charge is 0.454 e. The van der Waals surface area contributed by atoms with Crippen molar-refractivity contribution in [1.29, 1.82) is 0 Å². The van der Waals surface area contributed by atoms with E-state index in [4.69, 9.17) is 14.2 Å². The molecule has 1 aliphatic heterocycles. The Kier molecular flexibility index (Phi) is 5.74. The first-order chi connectivity index (χ1) is 12.3. The van der Waals surface area contributed by atoms with Crippen molar-refractivity contribution in [2.24, 2.45) is 0 Å². The first-order valence-corrected chi connectivity index (χ1v) is 8.35. The second-order valence-corrected chi connectivity index (χ2v) is 5.61. The molecule has 1 aliphatic rings. The smallest absolute Gasteiger partial charge is 0.319 e. The summed E-state index contributed by atoms with van der Waals surface area (Å²) in [5.41, 5.74) is 2.80. The molecule has 0 saturated carbocycles. The average Bonchev–Trinajstić information content (AvgIpc) is 3.09. The van der Waals surface area contributed by atoms with Crippen LogP contribution in [0.4, 0.5) is 10.5 Å². The van der Waals surface area contributed by atoms with E-state index in [0.29, 0.717) is 26.2 Å². The Morgan fingerprint density at radius 1 is 1.16 bits per heavy atom. The second-order valence-electron chi connectivity index (χ2n) is 5.61. The molecule has 2 aromatic rings. The molecule has 3 rings (SSSR count). The fourth-order valence-corrected chi connectivity index (χ4v) is 2.56. The summed E-state index contributed by atoms with van der Waals surface area (Å²) >= 11 is 0. The van der Waals surface area contributed by atoms with Crippen LogP contribution in [0, 0.1) is 0 Å². The van der Waals surface area contributed by atoms with Gasteiger partial charge in [0.15, 0.2) is 11.5 Å². The van der Waals surface area contributed by atoms with Crippen molar-refractivity contribution < 1.29 is 19.0 Å². The van der Waals surface area contributed by atoms with Crippen LogP contribution in [-0.2, 0) is 17.8 Å². The van der Waals surface area contributed by atoms with E-state index in [1.54, 1.807) is 0 Å². The van der Waals surface area contributed by atoms with E-state index < -0.39 is 0 Å². The lowest BCUT2D eigenvalue weighted by Crippen LogP contribution is -2.30. The van der Waals surface area contributed by atoms with E-state index in [1.165, 1.54) is 0 Å². The first-order valence-electron chi connectivity index (χ1n) is 8.35. The van der Waals surface area contributed by atoms with Crippen molar-refractivity contribution in [3.05, 3.63) is 53.6 Å². The van der Waals surface area contributed by atoms with Gasteiger partial charge in [-0.3, -0.25) is 0 Å². The third kappa shape index (κ3) is 4.64. The molecule has 2 amide bonds. The molecule has 0 aromatic heterocycles. The van der Waals surface area contributed by atoms with Gasteiger partial charge in [-0.2, -0.15) is 0 Å². The molecule has 0 bridgehead atoms. The number of carbonyl (C=O) groups excluding carboxylic acids is 1. The Bertz CT molecular complexity index is 733. The lowest BCUT2D eigenvalue weighted by Gasteiger charge is -2.12. The normalized spacial score (nSPS) is 12.0. The topological polar surface area (TPSA) is 68.8 Å². The van der Waals surface area contributed by atoms with Crippen molar-refractivity contribution in [3.8, 4) is 11.5 Å². The lowest BCUT2D eigenvalue weighted by molar-refractivity contribution is 0.134. The van der Waals surface area contributed by atoms with Crippen molar-refractivity contribution >= 4 is 11.7 Å². The SMILES string of the molecule is CCOCc1ccccc1NC(=O)NCCc1ccc2c(c1)OCO2. The van der Waals surface area contributed by atoms with E-state index in [1.807, 2.05) is 49.4 Å². The highest BCUT2D eigenvalue weighted by Crippen LogP contribution is 2.32. The molecule has 0 spiro atoms. The van der Waals surface area contributed by atoms with Gasteiger partial charge >= 0.3 is 6.03 Å². The summed E-state index contributed by atoms with van der Waals surface area (Å²) in [5, 5.41) is 5.74. The molecule has 6 heteroatoms. The summed E-state index contributed by atoms with van der Waals surface area (Å²) in [5.74, 6) is 1.52. The zero-order valence-electron chi connectivity index (χ0n) is 14.2. The van der Waals surface area contributed by atoms with Gasteiger partial charge in [0.2, 0.25) is 6.79 Å². The van der Waals surface area contributed by atoms with Gasteiger partial charge in [0.1, 0.15) is 0 Å². The number of ether oxygens (including phenoxy) is 3. The zero-order chi connectivity index (χ0) is 17.5. The molecule has 132 valence electrons. The number of fused-ring (bicyclic) bond motifs is 1. The zero-order valence-corrected chi connectivity index (χ0v) is 14.2. The van der Waals surface area contributed by atoms with Crippen LogP contribution in [-0.4, -0.2) is 26.0 Å². The Balaban J connectivity index is 1.48. The Hall–Kier alpha value is -2.73. The van der Waals surface area contributed by atoms with Gasteiger partial charge in [-0.1, -0.05) is 24.3 Å². The van der Waals surface area contributed by atoms with E-state index in [-0.39, 0.29) is 12.8 Å². The van der Waals surface area contributed by atoms with E-state index >= 15 is 0 Å². The molecule has 25 heavy (non-hydrogen) atoms. The summed E-state index contributed by atoms with van der Waals surface area (Å²) in [4.78, 5) is 12.1. The predicted molar refractivity (Wildman–Crippen MR) is 95.1 cm³/mol. The molecule has 0 fully saturated rings. The fraction of sp³-hybridized carbons (Fsp3) is 0.316. The van der Waals surface area contributed by atoms with Crippen LogP contribution in [0.5, 0.6) is 11.5 Å². The maximum atomic E-state index is 12.1. The van der Waals surface area contributed by atoms with Crippen molar-refractivity contribution in [3.63, 3.8) is 0 Å². The molecule has 2 aromatic carbocycles. The standard InChI is InChI=1S/C19H22N2O4/c1-2-23-12-15-5-3-4-6-16(15)21-19(22)20-10-9-14-7-8-17-18(11-14)25-13-24-17/h3-8,11H,2,9-10,12-13H2,1H3,(H2,20,21,22). The molecule has 0 radical (unpaired) electrons. The first kappa shape index (κ1) is 17.1. The fourth-order valence-electron chi connectivity index (χ4n) is 2.56. The number of anilines is 1. The molecular formula is C19H22N2O4. The van der Waals surface area contributed by atoms with E-state index in [9.17, 15) is 4.79 Å². The number of urea groups is 1. The van der Waals surface area contributed by atoms with Gasteiger partial charge in [-0.25, -0.2) is 4.79 Å². The molecule has 6 nitrogen and oxygen atoms in total. The summed E-state index contributed by atoms with van der Waals surface area (Å²) in [6.07, 6.45) is 0.713. The molecule has 2 N–H and O–H groups in total. The molecule has 0 saturated heterocycles. The molecular weight excluding hydrogens is 320 g/mol. The predicted octanol–water partition coefficient (Wildman–Crippen LogP) is 3.32. The van der Waals surface area contributed by atoms with Crippen LogP contribution < -0.4 is 20.1 Å². The van der Waals surface area contributed by atoms with E-state index in [2.05, 4.69) is 10.6 Å². The van der Waals surface area contributed by atoms with Crippen LogP contribution in [0.15, 0.2) is 42.5 Å². The Morgan fingerprint density at radius 2 is 2.00 bits per heavy atom. The minimum absolute atomic E-state index is 0.232. The lowest BCUT2D eigenvalue weighted by atomic mass is 10.1. The van der Waals surface area contributed by atoms with Gasteiger partial charge in [-0.05, 0) is 37.1 Å². The van der Waals surface area contributed by atoms with Crippen LogP contribution in [0.1, 0.15) is 18.1 Å². The number of rotatable bonds is 7. The average molecular weight is 342 g/mol. The van der Waals surface area contributed by atoms with Crippen LogP contribution >= 0.6 is 0 Å². The van der Waals surface area contributed by atoms with Gasteiger partial charge in [0.25, 0.3) is 0 Å². The monoisotopic (exact) mass is 342 g/mol. The molecule has 0 aliphatic carbocycles. The van der Waals surface area contributed by atoms with Gasteiger partial charge in [-0.15, -0.1) is 0 Å². The summed E-state index contributed by atoms with van der Waals surface area (Å²) in [7, 11) is 0. The quantitative estimate of drug-likeness (QED) is 0.810. The highest BCUT2D eigenvalue weighted by atomic mass is 16.7.